The van der Waals surface area contributed by atoms with Crippen molar-refractivity contribution in [1.29, 1.82) is 0 Å². The maximum absolute atomic E-state index is 14.0. The summed E-state index contributed by atoms with van der Waals surface area (Å²) in [6.07, 6.45) is 2.58. The lowest BCUT2D eigenvalue weighted by Gasteiger charge is -2.16. The van der Waals surface area contributed by atoms with E-state index in [-0.39, 0.29) is 17.8 Å². The van der Waals surface area contributed by atoms with E-state index in [0.29, 0.717) is 36.0 Å². The first-order chi connectivity index (χ1) is 15.2. The molecule has 1 aliphatic heterocycles. The molecule has 32 heavy (non-hydrogen) atoms. The third-order valence-electron chi connectivity index (χ3n) is 5.15. The predicted molar refractivity (Wildman–Crippen MR) is 115 cm³/mol. The van der Waals surface area contributed by atoms with Gasteiger partial charge >= 0.3 is 5.92 Å². The van der Waals surface area contributed by atoms with Crippen LogP contribution in [0.2, 0.25) is 0 Å². The number of anilines is 2. The average molecular weight is 445 g/mol. The molecule has 1 unspecified atom stereocenters. The van der Waals surface area contributed by atoms with Crippen molar-refractivity contribution < 1.29 is 18.3 Å². The molecule has 4 rings (SSSR count). The van der Waals surface area contributed by atoms with Crippen LogP contribution in [0.3, 0.4) is 0 Å². The lowest BCUT2D eigenvalue weighted by molar-refractivity contribution is -0.114. The third kappa shape index (κ3) is 4.38. The van der Waals surface area contributed by atoms with Crippen LogP contribution in [-0.2, 0) is 15.5 Å². The van der Waals surface area contributed by atoms with Crippen LogP contribution in [-0.4, -0.2) is 56.4 Å². The number of ether oxygens (including phenoxy) is 1. The molecule has 0 bridgehead atoms. The Morgan fingerprint density at radius 1 is 1.34 bits per heavy atom. The lowest BCUT2D eigenvalue weighted by atomic mass is 10.3. The van der Waals surface area contributed by atoms with Crippen molar-refractivity contribution in [3.8, 4) is 5.82 Å². The first-order valence-electron chi connectivity index (χ1n) is 10.4. The fraction of sp³-hybridized carbons (Fsp3) is 0.476. The van der Waals surface area contributed by atoms with Gasteiger partial charge in [0.15, 0.2) is 11.6 Å². The summed E-state index contributed by atoms with van der Waals surface area (Å²) in [5, 5.41) is 8.09. The van der Waals surface area contributed by atoms with E-state index in [2.05, 4.69) is 25.2 Å². The number of fused-ring (bicyclic) bond motifs is 1. The number of carbonyl (C=O) groups is 1. The van der Waals surface area contributed by atoms with Crippen LogP contribution in [0.4, 0.5) is 20.4 Å². The van der Waals surface area contributed by atoms with Crippen molar-refractivity contribution >= 4 is 28.4 Å². The molecule has 3 aromatic heterocycles. The van der Waals surface area contributed by atoms with E-state index < -0.39 is 11.7 Å². The number of alkyl halides is 2. The largest absolute Gasteiger partial charge is 0.377 e. The van der Waals surface area contributed by atoms with Crippen molar-refractivity contribution in [1.82, 2.24) is 24.7 Å². The molecule has 1 amide bonds. The molecule has 1 atom stereocenters. The Kier molecular flexibility index (Phi) is 5.76. The van der Waals surface area contributed by atoms with Crippen LogP contribution >= 0.6 is 0 Å². The maximum Gasteiger partial charge on any atom is 0.303 e. The summed E-state index contributed by atoms with van der Waals surface area (Å²) in [6, 6.07) is 3.25. The topological polar surface area (TPSA) is 98.1 Å². The predicted octanol–water partition coefficient (Wildman–Crippen LogP) is 3.20. The molecule has 0 aliphatic carbocycles. The second-order valence-electron chi connectivity index (χ2n) is 7.89. The number of hydrogen-bond donors (Lipinski definition) is 1. The number of nitrogens with one attached hydrogen (secondary N) is 1. The van der Waals surface area contributed by atoms with Gasteiger partial charge in [-0.1, -0.05) is 0 Å². The molecule has 1 saturated heterocycles. The molecule has 9 nitrogen and oxygen atoms in total. The number of halogens is 2. The number of amides is 1. The zero-order valence-corrected chi connectivity index (χ0v) is 18.4. The van der Waals surface area contributed by atoms with E-state index in [1.807, 2.05) is 6.92 Å². The summed E-state index contributed by atoms with van der Waals surface area (Å²) in [6.45, 7) is 7.76. The Balaban J connectivity index is 1.86. The summed E-state index contributed by atoms with van der Waals surface area (Å²) < 4.78 is 35.2. The van der Waals surface area contributed by atoms with Gasteiger partial charge < -0.3 is 15.0 Å². The van der Waals surface area contributed by atoms with E-state index in [1.165, 1.54) is 11.6 Å². The molecule has 11 heteroatoms. The maximum atomic E-state index is 14.0. The first-order valence-corrected chi connectivity index (χ1v) is 10.4. The molecule has 0 saturated carbocycles. The van der Waals surface area contributed by atoms with Crippen LogP contribution in [0, 0.1) is 6.92 Å². The van der Waals surface area contributed by atoms with E-state index in [1.54, 1.807) is 25.3 Å². The van der Waals surface area contributed by atoms with Crippen LogP contribution in [0.15, 0.2) is 18.3 Å². The quantitative estimate of drug-likeness (QED) is 0.622. The Morgan fingerprint density at radius 2 is 2.12 bits per heavy atom. The second-order valence-corrected chi connectivity index (χ2v) is 7.89. The normalized spacial score (nSPS) is 16.7. The molecule has 1 N–H and O–H groups in total. The van der Waals surface area contributed by atoms with E-state index >= 15 is 0 Å². The number of aryl methyl sites for hydroxylation is 1. The molecule has 4 heterocycles. The monoisotopic (exact) mass is 445 g/mol. The van der Waals surface area contributed by atoms with Crippen molar-refractivity contribution in [2.45, 2.75) is 46.1 Å². The summed E-state index contributed by atoms with van der Waals surface area (Å²) >= 11 is 0. The fourth-order valence-corrected chi connectivity index (χ4v) is 3.80. The average Bonchev–Trinajstić information content (AvgIpc) is 3.31. The Hall–Kier alpha value is -3.21. The molecule has 0 spiro atoms. The number of nitrogens with zero attached hydrogens (tertiary/aromatic N) is 6. The van der Waals surface area contributed by atoms with Crippen LogP contribution in [0.25, 0.3) is 16.7 Å². The van der Waals surface area contributed by atoms with Gasteiger partial charge in [-0.15, -0.1) is 5.10 Å². The summed E-state index contributed by atoms with van der Waals surface area (Å²) in [7, 11) is 0. The molecular formula is C21H25F2N7O2. The molecular weight excluding hydrogens is 420 g/mol. The molecule has 1 fully saturated rings. The minimum absolute atomic E-state index is 0.0958. The Labute approximate surface area is 183 Å². The van der Waals surface area contributed by atoms with Crippen molar-refractivity contribution in [2.24, 2.45) is 0 Å². The Bertz CT molecular complexity index is 1160. The van der Waals surface area contributed by atoms with Crippen molar-refractivity contribution in [2.75, 3.05) is 29.9 Å². The Morgan fingerprint density at radius 3 is 2.81 bits per heavy atom. The van der Waals surface area contributed by atoms with E-state index in [4.69, 9.17) is 9.84 Å². The molecule has 1 aliphatic rings. The standard InChI is InChI=1S/C21H25F2N7O2/c1-5-32-14-6-7-29(11-14)19-15-10-24-17(26-13(3)31)9-16(15)30(28-19)18-8-12(2)25-20(27-18)21(4,22)23/h8-10,14H,5-7,11H2,1-4H3,(H,24,26,31). The number of hydrogen-bond acceptors (Lipinski definition) is 7. The summed E-state index contributed by atoms with van der Waals surface area (Å²) in [5.74, 6) is -2.84. The smallest absolute Gasteiger partial charge is 0.303 e. The van der Waals surface area contributed by atoms with E-state index in [0.717, 1.165) is 25.3 Å². The summed E-state index contributed by atoms with van der Waals surface area (Å²) in [4.78, 5) is 25.9. The number of aromatic nitrogens is 5. The molecule has 0 radical (unpaired) electrons. The van der Waals surface area contributed by atoms with Gasteiger partial charge in [-0.25, -0.2) is 19.6 Å². The SMILES string of the molecule is CCOC1CCN(c2nn(-c3cc(C)nc(C(C)(F)F)n3)c3cc(NC(C)=O)ncc23)C1. The van der Waals surface area contributed by atoms with Crippen LogP contribution < -0.4 is 10.2 Å². The van der Waals surface area contributed by atoms with Gasteiger partial charge in [0.1, 0.15) is 5.82 Å². The lowest BCUT2D eigenvalue weighted by Crippen LogP contribution is -2.23. The van der Waals surface area contributed by atoms with Crippen molar-refractivity contribution in [3.05, 3.63) is 29.8 Å². The zero-order chi connectivity index (χ0) is 23.0. The summed E-state index contributed by atoms with van der Waals surface area (Å²) in [5.41, 5.74) is 0.979. The molecule has 3 aromatic rings. The highest BCUT2D eigenvalue weighted by molar-refractivity contribution is 5.95. The van der Waals surface area contributed by atoms with Crippen molar-refractivity contribution in [3.63, 3.8) is 0 Å². The van der Waals surface area contributed by atoms with Gasteiger partial charge in [-0.2, -0.15) is 8.78 Å². The van der Waals surface area contributed by atoms with E-state index in [9.17, 15) is 13.6 Å². The minimum atomic E-state index is -3.20. The highest BCUT2D eigenvalue weighted by atomic mass is 19.3. The second kappa shape index (κ2) is 8.38. The van der Waals surface area contributed by atoms with Crippen LogP contribution in [0.1, 0.15) is 38.7 Å². The van der Waals surface area contributed by atoms with Gasteiger partial charge in [0.05, 0.1) is 17.0 Å². The van der Waals surface area contributed by atoms with Gasteiger partial charge in [-0.05, 0) is 20.3 Å². The number of pyridine rings is 1. The first kappa shape index (κ1) is 22.0. The third-order valence-corrected chi connectivity index (χ3v) is 5.15. The van der Waals surface area contributed by atoms with Gasteiger partial charge in [-0.3, -0.25) is 4.79 Å². The zero-order valence-electron chi connectivity index (χ0n) is 18.4. The van der Waals surface area contributed by atoms with Gasteiger partial charge in [0.2, 0.25) is 11.7 Å². The highest BCUT2D eigenvalue weighted by Gasteiger charge is 2.31. The number of rotatable bonds is 6. The van der Waals surface area contributed by atoms with Crippen LogP contribution in [0.5, 0.6) is 0 Å². The molecule has 170 valence electrons. The number of carbonyl (C=O) groups excluding carboxylic acids is 1. The van der Waals surface area contributed by atoms with Gasteiger partial charge in [0, 0.05) is 57.6 Å². The molecule has 0 aromatic carbocycles. The van der Waals surface area contributed by atoms with Gasteiger partial charge in [0.25, 0.3) is 0 Å². The highest BCUT2D eigenvalue weighted by Crippen LogP contribution is 2.32. The fourth-order valence-electron chi connectivity index (χ4n) is 3.80. The minimum Gasteiger partial charge on any atom is -0.377 e.